The van der Waals surface area contributed by atoms with Gasteiger partial charge in [0.15, 0.2) is 5.78 Å². The number of ketones is 1. The highest BCUT2D eigenvalue weighted by atomic mass is 16.5. The first-order valence-corrected chi connectivity index (χ1v) is 7.54. The van der Waals surface area contributed by atoms with Gasteiger partial charge in [-0.05, 0) is 44.6 Å². The zero-order chi connectivity index (χ0) is 13.0. The summed E-state index contributed by atoms with van der Waals surface area (Å²) in [5, 5.41) is 0. The minimum absolute atomic E-state index is 0.0451. The van der Waals surface area contributed by atoms with E-state index in [2.05, 4.69) is 6.92 Å². The Kier molecular flexibility index (Phi) is 4.60. The zero-order valence-corrected chi connectivity index (χ0v) is 11.8. The number of allylic oxidation sites excluding steroid dienone is 2. The summed E-state index contributed by atoms with van der Waals surface area (Å²) in [5.41, 5.74) is 1.05. The highest BCUT2D eigenvalue weighted by Crippen LogP contribution is 2.41. The van der Waals surface area contributed by atoms with Gasteiger partial charge in [-0.2, -0.15) is 0 Å². The Morgan fingerprint density at radius 2 is 2.06 bits per heavy atom. The molecule has 1 aliphatic carbocycles. The molecule has 2 fully saturated rings. The standard InChI is InChI=1S/C16H26O2/c1-3-13(4-2)15(17)14-8-11-18-16(12-14)9-6-5-7-10-16/h3,14H,4-12H2,1-2H3. The maximum Gasteiger partial charge on any atom is 0.161 e. The van der Waals surface area contributed by atoms with Crippen LogP contribution in [0.1, 0.15) is 65.2 Å². The highest BCUT2D eigenvalue weighted by Gasteiger charge is 2.40. The average molecular weight is 250 g/mol. The average Bonchev–Trinajstić information content (AvgIpc) is 2.41. The summed E-state index contributed by atoms with van der Waals surface area (Å²) in [6, 6.07) is 0. The fourth-order valence-electron chi connectivity index (χ4n) is 3.58. The summed E-state index contributed by atoms with van der Waals surface area (Å²) in [5.74, 6) is 0.594. The first-order chi connectivity index (χ1) is 8.71. The maximum absolute atomic E-state index is 12.5. The van der Waals surface area contributed by atoms with Crippen molar-refractivity contribution in [1.82, 2.24) is 0 Å². The molecular formula is C16H26O2. The Morgan fingerprint density at radius 3 is 2.67 bits per heavy atom. The van der Waals surface area contributed by atoms with E-state index in [1.54, 1.807) is 0 Å². The SMILES string of the molecule is CC=C(CC)C(=O)C1CCOC2(CCCCC2)C1. The molecule has 2 aliphatic rings. The van der Waals surface area contributed by atoms with Crippen LogP contribution in [0.15, 0.2) is 11.6 Å². The van der Waals surface area contributed by atoms with Gasteiger partial charge in [0.1, 0.15) is 0 Å². The fraction of sp³-hybridized carbons (Fsp3) is 0.812. The van der Waals surface area contributed by atoms with Gasteiger partial charge in [-0.15, -0.1) is 0 Å². The number of hydrogen-bond acceptors (Lipinski definition) is 2. The van der Waals surface area contributed by atoms with Crippen LogP contribution in [0.5, 0.6) is 0 Å². The lowest BCUT2D eigenvalue weighted by Crippen LogP contribution is -2.43. The molecule has 0 aromatic rings. The van der Waals surface area contributed by atoms with Crippen LogP contribution in [0.3, 0.4) is 0 Å². The second-order valence-corrected chi connectivity index (χ2v) is 5.81. The van der Waals surface area contributed by atoms with Gasteiger partial charge in [-0.1, -0.05) is 32.3 Å². The van der Waals surface area contributed by atoms with E-state index in [0.717, 1.165) is 44.3 Å². The summed E-state index contributed by atoms with van der Waals surface area (Å²) >= 11 is 0. The van der Waals surface area contributed by atoms with E-state index in [9.17, 15) is 4.79 Å². The number of ether oxygens (including phenoxy) is 1. The van der Waals surface area contributed by atoms with Crippen LogP contribution in [0.4, 0.5) is 0 Å². The van der Waals surface area contributed by atoms with E-state index in [1.807, 2.05) is 13.0 Å². The molecule has 0 radical (unpaired) electrons. The van der Waals surface area contributed by atoms with Gasteiger partial charge in [0, 0.05) is 12.5 Å². The molecule has 1 aliphatic heterocycles. The third kappa shape index (κ3) is 2.85. The molecule has 102 valence electrons. The Hall–Kier alpha value is -0.630. The van der Waals surface area contributed by atoms with Crippen LogP contribution in [-0.2, 0) is 9.53 Å². The third-order valence-electron chi connectivity index (χ3n) is 4.67. The molecule has 0 amide bonds. The van der Waals surface area contributed by atoms with Crippen molar-refractivity contribution in [2.24, 2.45) is 5.92 Å². The summed E-state index contributed by atoms with van der Waals surface area (Å²) in [6.45, 7) is 4.83. The lowest BCUT2D eigenvalue weighted by Gasteiger charge is -2.43. The maximum atomic E-state index is 12.5. The van der Waals surface area contributed by atoms with E-state index in [1.165, 1.54) is 19.3 Å². The molecule has 2 rings (SSSR count). The molecule has 1 heterocycles. The lowest BCUT2D eigenvalue weighted by molar-refractivity contribution is -0.140. The monoisotopic (exact) mass is 250 g/mol. The zero-order valence-electron chi connectivity index (χ0n) is 11.8. The molecule has 1 saturated heterocycles. The Bertz CT molecular complexity index is 318. The number of Topliss-reactive ketones (excluding diaryl/α,β-unsaturated/α-hetero) is 1. The van der Waals surface area contributed by atoms with Crippen LogP contribution in [0.2, 0.25) is 0 Å². The first kappa shape index (κ1) is 13.8. The normalized spacial score (nSPS) is 28.3. The number of carbonyl (C=O) groups excluding carboxylic acids is 1. The third-order valence-corrected chi connectivity index (χ3v) is 4.67. The van der Waals surface area contributed by atoms with Gasteiger partial charge < -0.3 is 4.74 Å². The smallest absolute Gasteiger partial charge is 0.161 e. The van der Waals surface area contributed by atoms with Crippen molar-refractivity contribution in [2.75, 3.05) is 6.61 Å². The fourth-order valence-corrected chi connectivity index (χ4v) is 3.58. The first-order valence-electron chi connectivity index (χ1n) is 7.54. The molecule has 0 aromatic heterocycles. The molecule has 1 unspecified atom stereocenters. The topological polar surface area (TPSA) is 26.3 Å². The largest absolute Gasteiger partial charge is 0.375 e. The second-order valence-electron chi connectivity index (χ2n) is 5.81. The van der Waals surface area contributed by atoms with Crippen LogP contribution >= 0.6 is 0 Å². The summed E-state index contributed by atoms with van der Waals surface area (Å²) in [7, 11) is 0. The van der Waals surface area contributed by atoms with Crippen LogP contribution in [0, 0.1) is 5.92 Å². The van der Waals surface area contributed by atoms with Crippen molar-refractivity contribution >= 4 is 5.78 Å². The van der Waals surface area contributed by atoms with E-state index < -0.39 is 0 Å². The van der Waals surface area contributed by atoms with Gasteiger partial charge in [-0.25, -0.2) is 0 Å². The number of hydrogen-bond donors (Lipinski definition) is 0. The van der Waals surface area contributed by atoms with Crippen molar-refractivity contribution in [2.45, 2.75) is 70.8 Å². The Labute approximate surface area is 111 Å². The molecular weight excluding hydrogens is 224 g/mol. The van der Waals surface area contributed by atoms with Crippen molar-refractivity contribution in [1.29, 1.82) is 0 Å². The van der Waals surface area contributed by atoms with Crippen LogP contribution < -0.4 is 0 Å². The number of carbonyl (C=O) groups is 1. The van der Waals surface area contributed by atoms with Crippen LogP contribution in [0.25, 0.3) is 0 Å². The molecule has 2 heteroatoms. The lowest BCUT2D eigenvalue weighted by atomic mass is 9.74. The molecule has 18 heavy (non-hydrogen) atoms. The molecule has 1 spiro atoms. The molecule has 1 saturated carbocycles. The minimum Gasteiger partial charge on any atom is -0.375 e. The predicted octanol–water partition coefficient (Wildman–Crippen LogP) is 4.04. The summed E-state index contributed by atoms with van der Waals surface area (Å²) < 4.78 is 6.06. The Morgan fingerprint density at radius 1 is 1.33 bits per heavy atom. The number of rotatable bonds is 3. The van der Waals surface area contributed by atoms with Gasteiger partial charge >= 0.3 is 0 Å². The van der Waals surface area contributed by atoms with E-state index in [-0.39, 0.29) is 11.5 Å². The highest BCUT2D eigenvalue weighted by molar-refractivity contribution is 5.97. The van der Waals surface area contributed by atoms with Gasteiger partial charge in [0.2, 0.25) is 0 Å². The summed E-state index contributed by atoms with van der Waals surface area (Å²) in [6.07, 6.45) is 10.9. The van der Waals surface area contributed by atoms with E-state index >= 15 is 0 Å². The van der Waals surface area contributed by atoms with E-state index in [4.69, 9.17) is 4.74 Å². The minimum atomic E-state index is 0.0451. The molecule has 0 N–H and O–H groups in total. The predicted molar refractivity (Wildman–Crippen MR) is 73.5 cm³/mol. The van der Waals surface area contributed by atoms with Crippen molar-refractivity contribution < 1.29 is 9.53 Å². The Balaban J connectivity index is 2.04. The van der Waals surface area contributed by atoms with E-state index in [0.29, 0.717) is 5.78 Å². The summed E-state index contributed by atoms with van der Waals surface area (Å²) in [4.78, 5) is 12.5. The van der Waals surface area contributed by atoms with Crippen molar-refractivity contribution in [3.63, 3.8) is 0 Å². The van der Waals surface area contributed by atoms with Crippen LogP contribution in [-0.4, -0.2) is 18.0 Å². The van der Waals surface area contributed by atoms with Crippen molar-refractivity contribution in [3.8, 4) is 0 Å². The molecule has 0 aromatic carbocycles. The van der Waals surface area contributed by atoms with Gasteiger partial charge in [-0.3, -0.25) is 4.79 Å². The van der Waals surface area contributed by atoms with Gasteiger partial charge in [0.05, 0.1) is 5.60 Å². The van der Waals surface area contributed by atoms with Gasteiger partial charge in [0.25, 0.3) is 0 Å². The van der Waals surface area contributed by atoms with Crippen molar-refractivity contribution in [3.05, 3.63) is 11.6 Å². The second kappa shape index (κ2) is 6.01. The molecule has 1 atom stereocenters. The quantitative estimate of drug-likeness (QED) is 0.707. The molecule has 0 bridgehead atoms. The molecule has 2 nitrogen and oxygen atoms in total.